The van der Waals surface area contributed by atoms with Gasteiger partial charge < -0.3 is 10.2 Å². The molecule has 3 rings (SSSR count). The first kappa shape index (κ1) is 16.4. The Balaban J connectivity index is 1.47. The number of anilines is 1. The van der Waals surface area contributed by atoms with Gasteiger partial charge in [-0.3, -0.25) is 4.79 Å². The van der Waals surface area contributed by atoms with Crippen LogP contribution in [0.1, 0.15) is 30.4 Å². The first-order chi connectivity index (χ1) is 11.7. The largest absolute Gasteiger partial charge is 0.357 e. The van der Waals surface area contributed by atoms with E-state index in [-0.39, 0.29) is 11.7 Å². The minimum atomic E-state index is -0.267. The first-order valence-electron chi connectivity index (χ1n) is 8.42. The fourth-order valence-electron chi connectivity index (χ4n) is 2.88. The fraction of sp³-hybridized carbons (Fsp3) is 0.368. The average Bonchev–Trinajstić information content (AvgIpc) is 3.14. The highest BCUT2D eigenvalue weighted by Gasteiger charge is 2.13. The Morgan fingerprint density at radius 1 is 1.12 bits per heavy atom. The SMILES string of the molecule is O=C(CCc1ccnc(N2CCCC2)c1)NCc1ccc(F)cc1. The van der Waals surface area contributed by atoms with E-state index in [1.54, 1.807) is 12.1 Å². The van der Waals surface area contributed by atoms with Gasteiger partial charge in [-0.15, -0.1) is 0 Å². The minimum absolute atomic E-state index is 0.00106. The Morgan fingerprint density at radius 3 is 2.62 bits per heavy atom. The normalized spacial score (nSPS) is 14.0. The second kappa shape index (κ2) is 7.90. The summed E-state index contributed by atoms with van der Waals surface area (Å²) in [6, 6.07) is 10.2. The van der Waals surface area contributed by atoms with Crippen molar-refractivity contribution < 1.29 is 9.18 Å². The molecule has 0 bridgehead atoms. The number of nitrogens with one attached hydrogen (secondary N) is 1. The van der Waals surface area contributed by atoms with E-state index in [1.807, 2.05) is 12.3 Å². The Kier molecular flexibility index (Phi) is 5.41. The van der Waals surface area contributed by atoms with Crippen molar-refractivity contribution in [3.63, 3.8) is 0 Å². The predicted molar refractivity (Wildman–Crippen MR) is 92.3 cm³/mol. The van der Waals surface area contributed by atoms with E-state index in [4.69, 9.17) is 0 Å². The maximum Gasteiger partial charge on any atom is 0.220 e. The zero-order valence-corrected chi connectivity index (χ0v) is 13.7. The molecular weight excluding hydrogens is 305 g/mol. The standard InChI is InChI=1S/C19H22FN3O/c20-17-6-3-16(4-7-17)14-22-19(24)8-5-15-9-10-21-18(13-15)23-11-1-2-12-23/h3-4,6-7,9-10,13H,1-2,5,8,11-12,14H2,(H,22,24). The molecule has 5 heteroatoms. The van der Waals surface area contributed by atoms with Gasteiger partial charge in [0.25, 0.3) is 0 Å². The van der Waals surface area contributed by atoms with Crippen LogP contribution < -0.4 is 10.2 Å². The molecule has 126 valence electrons. The summed E-state index contributed by atoms with van der Waals surface area (Å²) in [7, 11) is 0. The Hall–Kier alpha value is -2.43. The third-order valence-corrected chi connectivity index (χ3v) is 4.28. The van der Waals surface area contributed by atoms with Crippen LogP contribution in [0.15, 0.2) is 42.6 Å². The Labute approximate surface area is 141 Å². The average molecular weight is 327 g/mol. The van der Waals surface area contributed by atoms with E-state index in [0.717, 1.165) is 30.0 Å². The van der Waals surface area contributed by atoms with Crippen LogP contribution >= 0.6 is 0 Å². The van der Waals surface area contributed by atoms with E-state index in [0.29, 0.717) is 19.4 Å². The quantitative estimate of drug-likeness (QED) is 0.887. The van der Waals surface area contributed by atoms with Gasteiger partial charge in [0.1, 0.15) is 11.6 Å². The summed E-state index contributed by atoms with van der Waals surface area (Å²) in [6.07, 6.45) is 5.39. The maximum atomic E-state index is 12.8. The highest BCUT2D eigenvalue weighted by molar-refractivity contribution is 5.76. The summed E-state index contributed by atoms with van der Waals surface area (Å²) in [6.45, 7) is 2.55. The summed E-state index contributed by atoms with van der Waals surface area (Å²) >= 11 is 0. The fourth-order valence-corrected chi connectivity index (χ4v) is 2.88. The number of aryl methyl sites for hydroxylation is 1. The lowest BCUT2D eigenvalue weighted by molar-refractivity contribution is -0.121. The molecule has 4 nitrogen and oxygen atoms in total. The predicted octanol–water partition coefficient (Wildman–Crippen LogP) is 3.07. The van der Waals surface area contributed by atoms with E-state index in [1.165, 1.54) is 25.0 Å². The number of hydrogen-bond acceptors (Lipinski definition) is 3. The zero-order chi connectivity index (χ0) is 16.8. The molecule has 1 N–H and O–H groups in total. The second-order valence-electron chi connectivity index (χ2n) is 6.12. The lowest BCUT2D eigenvalue weighted by Gasteiger charge is -2.16. The maximum absolute atomic E-state index is 12.8. The summed E-state index contributed by atoms with van der Waals surface area (Å²) in [5.74, 6) is 0.743. The third-order valence-electron chi connectivity index (χ3n) is 4.28. The Bertz CT molecular complexity index is 681. The van der Waals surface area contributed by atoms with E-state index >= 15 is 0 Å². The first-order valence-corrected chi connectivity index (χ1v) is 8.42. The molecule has 1 saturated heterocycles. The van der Waals surface area contributed by atoms with Crippen molar-refractivity contribution >= 4 is 11.7 Å². The van der Waals surface area contributed by atoms with E-state index < -0.39 is 0 Å². The van der Waals surface area contributed by atoms with E-state index in [9.17, 15) is 9.18 Å². The lowest BCUT2D eigenvalue weighted by Crippen LogP contribution is -2.23. The van der Waals surface area contributed by atoms with Crippen molar-refractivity contribution in [1.29, 1.82) is 0 Å². The van der Waals surface area contributed by atoms with Crippen LogP contribution in [0.4, 0.5) is 10.2 Å². The number of amides is 1. The summed E-state index contributed by atoms with van der Waals surface area (Å²) in [4.78, 5) is 18.7. The van der Waals surface area contributed by atoms with Gasteiger partial charge in [0.2, 0.25) is 5.91 Å². The Morgan fingerprint density at radius 2 is 1.88 bits per heavy atom. The molecule has 1 fully saturated rings. The van der Waals surface area contributed by atoms with Gasteiger partial charge in [-0.1, -0.05) is 12.1 Å². The van der Waals surface area contributed by atoms with Crippen LogP contribution in [-0.4, -0.2) is 24.0 Å². The molecule has 0 atom stereocenters. The van der Waals surface area contributed by atoms with Gasteiger partial charge in [0.15, 0.2) is 0 Å². The van der Waals surface area contributed by atoms with E-state index in [2.05, 4.69) is 21.3 Å². The molecule has 0 radical (unpaired) electrons. The zero-order valence-electron chi connectivity index (χ0n) is 13.7. The topological polar surface area (TPSA) is 45.2 Å². The molecule has 1 aliphatic rings. The number of benzene rings is 1. The molecule has 1 amide bonds. The number of pyridine rings is 1. The smallest absolute Gasteiger partial charge is 0.220 e. The third kappa shape index (κ3) is 4.54. The van der Waals surface area contributed by atoms with Gasteiger partial charge >= 0.3 is 0 Å². The molecule has 0 spiro atoms. The van der Waals surface area contributed by atoms with Crippen molar-refractivity contribution in [1.82, 2.24) is 10.3 Å². The number of halogens is 1. The van der Waals surface area contributed by atoms with Gasteiger partial charge in [-0.25, -0.2) is 9.37 Å². The molecule has 1 aromatic heterocycles. The molecule has 0 saturated carbocycles. The van der Waals surface area contributed by atoms with Crippen LogP contribution in [0.2, 0.25) is 0 Å². The minimum Gasteiger partial charge on any atom is -0.357 e. The monoisotopic (exact) mass is 327 g/mol. The van der Waals surface area contributed by atoms with Gasteiger partial charge in [-0.05, 0) is 54.7 Å². The molecule has 24 heavy (non-hydrogen) atoms. The molecule has 2 heterocycles. The van der Waals surface area contributed by atoms with Crippen molar-refractivity contribution in [3.05, 3.63) is 59.5 Å². The molecule has 1 aromatic carbocycles. The second-order valence-corrected chi connectivity index (χ2v) is 6.12. The summed E-state index contributed by atoms with van der Waals surface area (Å²) < 4.78 is 12.8. The van der Waals surface area contributed by atoms with Crippen molar-refractivity contribution in [2.45, 2.75) is 32.2 Å². The summed E-state index contributed by atoms with van der Waals surface area (Å²) in [5, 5.41) is 2.87. The lowest BCUT2D eigenvalue weighted by atomic mass is 10.1. The van der Waals surface area contributed by atoms with Crippen molar-refractivity contribution in [2.75, 3.05) is 18.0 Å². The van der Waals surface area contributed by atoms with Crippen LogP contribution in [0.3, 0.4) is 0 Å². The molecular formula is C19H22FN3O. The van der Waals surface area contributed by atoms with Crippen molar-refractivity contribution in [3.8, 4) is 0 Å². The molecule has 0 unspecified atom stereocenters. The molecule has 0 aliphatic carbocycles. The van der Waals surface area contributed by atoms with Crippen LogP contribution in [0, 0.1) is 5.82 Å². The van der Waals surface area contributed by atoms with Gasteiger partial charge in [-0.2, -0.15) is 0 Å². The number of carbonyl (C=O) groups excluding carboxylic acids is 1. The highest BCUT2D eigenvalue weighted by atomic mass is 19.1. The highest BCUT2D eigenvalue weighted by Crippen LogP contribution is 2.19. The van der Waals surface area contributed by atoms with Crippen LogP contribution in [0.5, 0.6) is 0 Å². The van der Waals surface area contributed by atoms with Crippen LogP contribution in [-0.2, 0) is 17.8 Å². The number of carbonyl (C=O) groups is 1. The van der Waals surface area contributed by atoms with Crippen molar-refractivity contribution in [2.24, 2.45) is 0 Å². The number of aromatic nitrogens is 1. The molecule has 2 aromatic rings. The van der Waals surface area contributed by atoms with Crippen LogP contribution in [0.25, 0.3) is 0 Å². The number of rotatable bonds is 6. The number of hydrogen-bond donors (Lipinski definition) is 1. The summed E-state index contributed by atoms with van der Waals surface area (Å²) in [5.41, 5.74) is 2.02. The number of nitrogens with zero attached hydrogens (tertiary/aromatic N) is 2. The molecule has 1 aliphatic heterocycles. The van der Waals surface area contributed by atoms with Gasteiger partial charge in [0, 0.05) is 32.3 Å². The van der Waals surface area contributed by atoms with Gasteiger partial charge in [0.05, 0.1) is 0 Å².